The first kappa shape index (κ1) is 17.0. The standard InChI is InChI=1S/C24H20NO2/c1-25-16-20-14-13-19(24(26)27-2)15-21(20)22(17-9-5-3-6-10-17)23(25)18-11-7-4-8-12-18/h3-16H,1-2H3/q+1. The van der Waals surface area contributed by atoms with E-state index in [1.165, 1.54) is 7.11 Å². The topological polar surface area (TPSA) is 30.2 Å². The Bertz CT molecular complexity index is 1120. The van der Waals surface area contributed by atoms with Crippen molar-refractivity contribution < 1.29 is 14.1 Å². The summed E-state index contributed by atoms with van der Waals surface area (Å²) in [6.45, 7) is 0. The summed E-state index contributed by atoms with van der Waals surface area (Å²) in [7, 11) is 3.47. The van der Waals surface area contributed by atoms with Gasteiger partial charge in [0, 0.05) is 16.3 Å². The van der Waals surface area contributed by atoms with E-state index in [2.05, 4.69) is 42.1 Å². The average Bonchev–Trinajstić information content (AvgIpc) is 2.73. The second-order valence-corrected chi connectivity index (χ2v) is 6.49. The van der Waals surface area contributed by atoms with E-state index in [0.29, 0.717) is 5.56 Å². The Hall–Kier alpha value is -3.46. The van der Waals surface area contributed by atoms with Gasteiger partial charge < -0.3 is 4.74 Å². The molecule has 0 fully saturated rings. The second kappa shape index (κ2) is 7.04. The van der Waals surface area contributed by atoms with Gasteiger partial charge in [-0.15, -0.1) is 0 Å². The summed E-state index contributed by atoms with van der Waals surface area (Å²) in [5.41, 5.74) is 5.00. The average molecular weight is 354 g/mol. The lowest BCUT2D eigenvalue weighted by Crippen LogP contribution is -2.31. The first-order valence-electron chi connectivity index (χ1n) is 8.84. The Morgan fingerprint density at radius 3 is 2.11 bits per heavy atom. The zero-order valence-corrected chi connectivity index (χ0v) is 15.3. The van der Waals surface area contributed by atoms with Crippen molar-refractivity contribution in [2.24, 2.45) is 7.05 Å². The van der Waals surface area contributed by atoms with Gasteiger partial charge in [-0.3, -0.25) is 0 Å². The van der Waals surface area contributed by atoms with Gasteiger partial charge in [0.15, 0.2) is 6.20 Å². The lowest BCUT2D eigenvalue weighted by molar-refractivity contribution is -0.658. The van der Waals surface area contributed by atoms with E-state index in [1.54, 1.807) is 0 Å². The van der Waals surface area contributed by atoms with Crippen molar-refractivity contribution in [1.82, 2.24) is 0 Å². The summed E-state index contributed by atoms with van der Waals surface area (Å²) in [6.07, 6.45) is 2.10. The summed E-state index contributed by atoms with van der Waals surface area (Å²) in [5.74, 6) is -0.328. The van der Waals surface area contributed by atoms with Gasteiger partial charge in [0.2, 0.25) is 5.69 Å². The van der Waals surface area contributed by atoms with Gasteiger partial charge in [0.05, 0.1) is 18.2 Å². The van der Waals surface area contributed by atoms with Crippen LogP contribution in [0.4, 0.5) is 0 Å². The smallest absolute Gasteiger partial charge is 0.337 e. The molecule has 132 valence electrons. The number of esters is 1. The number of carbonyl (C=O) groups excluding carboxylic acids is 1. The number of ether oxygens (including phenoxy) is 1. The van der Waals surface area contributed by atoms with Crippen LogP contribution in [0.3, 0.4) is 0 Å². The number of methoxy groups -OCH3 is 1. The molecule has 0 unspecified atom stereocenters. The molecular formula is C24H20NO2+. The van der Waals surface area contributed by atoms with Crippen LogP contribution in [0.15, 0.2) is 85.1 Å². The fraction of sp³-hybridized carbons (Fsp3) is 0.0833. The summed E-state index contributed by atoms with van der Waals surface area (Å²) in [4.78, 5) is 12.1. The van der Waals surface area contributed by atoms with E-state index in [0.717, 1.165) is 33.2 Å². The van der Waals surface area contributed by atoms with Crippen molar-refractivity contribution in [2.75, 3.05) is 7.11 Å². The number of rotatable bonds is 3. The van der Waals surface area contributed by atoms with Crippen LogP contribution in [0.1, 0.15) is 10.4 Å². The fourth-order valence-electron chi connectivity index (χ4n) is 3.55. The number of hydrogen-bond donors (Lipinski definition) is 0. The number of fused-ring (bicyclic) bond motifs is 1. The summed E-state index contributed by atoms with van der Waals surface area (Å²) >= 11 is 0. The van der Waals surface area contributed by atoms with Crippen LogP contribution < -0.4 is 4.57 Å². The molecule has 0 aliphatic rings. The zero-order valence-electron chi connectivity index (χ0n) is 15.3. The van der Waals surface area contributed by atoms with E-state index in [4.69, 9.17) is 4.74 Å². The van der Waals surface area contributed by atoms with Gasteiger partial charge in [-0.1, -0.05) is 48.5 Å². The number of aryl methyl sites for hydroxylation is 1. The Kier molecular flexibility index (Phi) is 4.43. The minimum absolute atomic E-state index is 0.328. The molecule has 0 amide bonds. The van der Waals surface area contributed by atoms with E-state index >= 15 is 0 Å². The third-order valence-electron chi connectivity index (χ3n) is 4.78. The van der Waals surface area contributed by atoms with Gasteiger partial charge in [0.25, 0.3) is 0 Å². The van der Waals surface area contributed by atoms with Crippen molar-refractivity contribution in [1.29, 1.82) is 0 Å². The third-order valence-corrected chi connectivity index (χ3v) is 4.78. The van der Waals surface area contributed by atoms with E-state index in [9.17, 15) is 4.79 Å². The molecule has 0 radical (unpaired) electrons. The Morgan fingerprint density at radius 1 is 0.852 bits per heavy atom. The van der Waals surface area contributed by atoms with E-state index in [1.807, 2.05) is 54.6 Å². The molecule has 1 heterocycles. The normalized spacial score (nSPS) is 10.7. The number of carbonyl (C=O) groups is 1. The highest BCUT2D eigenvalue weighted by atomic mass is 16.5. The van der Waals surface area contributed by atoms with Gasteiger partial charge in [0.1, 0.15) is 7.05 Å². The molecule has 3 aromatic carbocycles. The molecule has 4 rings (SSSR count). The SMILES string of the molecule is COC(=O)c1ccc2c[n+](C)c(-c3ccccc3)c(-c3ccccc3)c2c1. The lowest BCUT2D eigenvalue weighted by atomic mass is 9.93. The van der Waals surface area contributed by atoms with Crippen molar-refractivity contribution in [3.63, 3.8) is 0 Å². The largest absolute Gasteiger partial charge is 0.465 e. The molecule has 0 aliphatic carbocycles. The summed E-state index contributed by atoms with van der Waals surface area (Å²) in [6, 6.07) is 26.3. The van der Waals surface area contributed by atoms with Crippen molar-refractivity contribution in [3.8, 4) is 22.4 Å². The van der Waals surface area contributed by atoms with Crippen molar-refractivity contribution in [3.05, 3.63) is 90.6 Å². The highest BCUT2D eigenvalue weighted by Crippen LogP contribution is 2.35. The van der Waals surface area contributed by atoms with Crippen LogP contribution in [0.2, 0.25) is 0 Å². The minimum atomic E-state index is -0.328. The molecule has 0 atom stereocenters. The number of pyridine rings is 1. The van der Waals surface area contributed by atoms with Crippen LogP contribution >= 0.6 is 0 Å². The maximum absolute atomic E-state index is 12.1. The van der Waals surface area contributed by atoms with Gasteiger partial charge >= 0.3 is 5.97 Å². The van der Waals surface area contributed by atoms with Gasteiger partial charge in [-0.25, -0.2) is 4.79 Å². The molecule has 0 saturated heterocycles. The number of benzene rings is 3. The zero-order chi connectivity index (χ0) is 18.8. The third kappa shape index (κ3) is 3.08. The lowest BCUT2D eigenvalue weighted by Gasteiger charge is -2.13. The first-order valence-corrected chi connectivity index (χ1v) is 8.84. The van der Waals surface area contributed by atoms with Crippen LogP contribution in [0, 0.1) is 0 Å². The summed E-state index contributed by atoms with van der Waals surface area (Å²) < 4.78 is 7.08. The van der Waals surface area contributed by atoms with Gasteiger partial charge in [-0.2, -0.15) is 4.57 Å². The molecule has 1 aromatic heterocycles. The van der Waals surface area contributed by atoms with Gasteiger partial charge in [-0.05, 0) is 35.9 Å². The van der Waals surface area contributed by atoms with E-state index in [-0.39, 0.29) is 5.97 Å². The number of aromatic nitrogens is 1. The first-order chi connectivity index (χ1) is 13.2. The Labute approximate surface area is 158 Å². The molecule has 0 saturated carbocycles. The second-order valence-electron chi connectivity index (χ2n) is 6.49. The molecule has 0 N–H and O–H groups in total. The predicted octanol–water partition coefficient (Wildman–Crippen LogP) is 4.78. The highest BCUT2D eigenvalue weighted by Gasteiger charge is 2.22. The monoisotopic (exact) mass is 354 g/mol. The van der Waals surface area contributed by atoms with Crippen LogP contribution in [-0.2, 0) is 11.8 Å². The van der Waals surface area contributed by atoms with Crippen molar-refractivity contribution >= 4 is 16.7 Å². The molecule has 4 aromatic rings. The maximum Gasteiger partial charge on any atom is 0.337 e. The fourth-order valence-corrected chi connectivity index (χ4v) is 3.55. The molecule has 0 bridgehead atoms. The molecule has 3 heteroatoms. The van der Waals surface area contributed by atoms with Crippen LogP contribution in [-0.4, -0.2) is 13.1 Å². The summed E-state index contributed by atoms with van der Waals surface area (Å²) in [5, 5.41) is 2.10. The number of nitrogens with zero attached hydrogens (tertiary/aromatic N) is 1. The Balaban J connectivity index is 2.12. The maximum atomic E-state index is 12.1. The van der Waals surface area contributed by atoms with E-state index < -0.39 is 0 Å². The highest BCUT2D eigenvalue weighted by molar-refractivity contribution is 6.04. The van der Waals surface area contributed by atoms with Crippen LogP contribution in [0.5, 0.6) is 0 Å². The minimum Gasteiger partial charge on any atom is -0.465 e. The number of hydrogen-bond acceptors (Lipinski definition) is 2. The molecule has 0 aliphatic heterocycles. The quantitative estimate of drug-likeness (QED) is 0.391. The molecule has 0 spiro atoms. The predicted molar refractivity (Wildman–Crippen MR) is 107 cm³/mol. The molecular weight excluding hydrogens is 334 g/mol. The van der Waals surface area contributed by atoms with Crippen LogP contribution in [0.25, 0.3) is 33.2 Å². The Morgan fingerprint density at radius 2 is 1.48 bits per heavy atom. The van der Waals surface area contributed by atoms with Crippen molar-refractivity contribution in [2.45, 2.75) is 0 Å². The molecule has 27 heavy (non-hydrogen) atoms. The molecule has 3 nitrogen and oxygen atoms in total.